The molecule has 2 rings (SSSR count). The summed E-state index contributed by atoms with van der Waals surface area (Å²) in [4.78, 5) is 26.2. The first-order chi connectivity index (χ1) is 12.8. The summed E-state index contributed by atoms with van der Waals surface area (Å²) in [6.45, 7) is 7.96. The van der Waals surface area contributed by atoms with Crippen LogP contribution in [0.1, 0.15) is 33.3 Å². The Hall–Kier alpha value is -2.33. The van der Waals surface area contributed by atoms with E-state index in [4.69, 9.17) is 11.6 Å². The van der Waals surface area contributed by atoms with Gasteiger partial charge in [-0.3, -0.25) is 9.59 Å². The van der Waals surface area contributed by atoms with Crippen molar-refractivity contribution < 1.29 is 9.59 Å². The quantitative estimate of drug-likeness (QED) is 0.752. The van der Waals surface area contributed by atoms with Crippen molar-refractivity contribution in [3.05, 3.63) is 59.1 Å². The molecule has 0 aliphatic rings. The van der Waals surface area contributed by atoms with Gasteiger partial charge in [-0.25, -0.2) is 0 Å². The van der Waals surface area contributed by atoms with Crippen LogP contribution in [-0.4, -0.2) is 35.3 Å². The molecule has 0 aliphatic carbocycles. The lowest BCUT2D eigenvalue weighted by atomic mass is 10.0. The summed E-state index contributed by atoms with van der Waals surface area (Å²) < 4.78 is 0. The van der Waals surface area contributed by atoms with E-state index in [1.54, 1.807) is 4.90 Å². The Morgan fingerprint density at radius 3 is 2.19 bits per heavy atom. The molecule has 27 heavy (non-hydrogen) atoms. The van der Waals surface area contributed by atoms with E-state index in [9.17, 15) is 9.59 Å². The van der Waals surface area contributed by atoms with Gasteiger partial charge in [-0.1, -0.05) is 48.0 Å². The lowest BCUT2D eigenvalue weighted by Gasteiger charge is -2.30. The molecule has 2 aromatic rings. The van der Waals surface area contributed by atoms with Gasteiger partial charge in [-0.2, -0.15) is 0 Å². The summed E-state index contributed by atoms with van der Waals surface area (Å²) in [7, 11) is 0. The van der Waals surface area contributed by atoms with Gasteiger partial charge in [0.15, 0.2) is 0 Å². The van der Waals surface area contributed by atoms with Crippen LogP contribution in [-0.2, 0) is 16.0 Å². The fourth-order valence-corrected chi connectivity index (χ4v) is 3.36. The third-order valence-corrected chi connectivity index (χ3v) is 4.74. The number of benzene rings is 2. The van der Waals surface area contributed by atoms with Gasteiger partial charge in [0.2, 0.25) is 0 Å². The normalized spacial score (nSPS) is 10.9. The van der Waals surface area contributed by atoms with Gasteiger partial charge in [0.1, 0.15) is 0 Å². The van der Waals surface area contributed by atoms with Crippen LogP contribution < -0.4 is 5.32 Å². The Kier molecular flexibility index (Phi) is 7.43. The zero-order valence-electron chi connectivity index (χ0n) is 16.3. The van der Waals surface area contributed by atoms with Crippen molar-refractivity contribution in [2.24, 2.45) is 0 Å². The predicted molar refractivity (Wildman–Crippen MR) is 111 cm³/mol. The molecule has 2 aromatic carbocycles. The van der Waals surface area contributed by atoms with Gasteiger partial charge in [0, 0.05) is 23.7 Å². The van der Waals surface area contributed by atoms with Crippen molar-refractivity contribution in [3.63, 3.8) is 0 Å². The maximum atomic E-state index is 12.4. The van der Waals surface area contributed by atoms with E-state index >= 15 is 0 Å². The van der Waals surface area contributed by atoms with E-state index in [0.717, 1.165) is 16.7 Å². The highest BCUT2D eigenvalue weighted by Gasteiger charge is 2.25. The van der Waals surface area contributed by atoms with Crippen LogP contribution in [0.3, 0.4) is 0 Å². The summed E-state index contributed by atoms with van der Waals surface area (Å²) in [6.07, 6.45) is 0.557. The first-order valence-electron chi connectivity index (χ1n) is 9.25. The van der Waals surface area contributed by atoms with Crippen molar-refractivity contribution in [2.45, 2.75) is 46.2 Å². The minimum absolute atomic E-state index is 0.0275. The molecular formula is C22H27ClN2O2. The Labute approximate surface area is 166 Å². The third kappa shape index (κ3) is 5.57. The van der Waals surface area contributed by atoms with Gasteiger partial charge < -0.3 is 10.2 Å². The van der Waals surface area contributed by atoms with Crippen molar-refractivity contribution >= 4 is 23.4 Å². The predicted octanol–water partition coefficient (Wildman–Crippen LogP) is 4.31. The molecule has 1 N–H and O–H groups in total. The molecule has 0 saturated carbocycles. The van der Waals surface area contributed by atoms with Gasteiger partial charge in [-0.15, -0.1) is 0 Å². The molecule has 0 spiro atoms. The maximum Gasteiger partial charge on any atom is 0.312 e. The molecule has 0 unspecified atom stereocenters. The number of carbonyl (C=O) groups excluding carboxylic acids is 2. The largest absolute Gasteiger partial charge is 0.347 e. The standard InChI is InChI=1S/C22H27ClN2O2/c1-15(2)25(16(3)4)22(27)21(26)24-13-12-19-14-18(10-11-20(19)23)17-8-6-5-7-9-17/h5-11,14-16H,12-13H2,1-4H3,(H,24,26). The van der Waals surface area contributed by atoms with Crippen molar-refractivity contribution in [3.8, 4) is 11.1 Å². The number of nitrogens with one attached hydrogen (secondary N) is 1. The maximum absolute atomic E-state index is 12.4. The van der Waals surface area contributed by atoms with Crippen LogP contribution in [0.4, 0.5) is 0 Å². The van der Waals surface area contributed by atoms with Gasteiger partial charge in [0.05, 0.1) is 0 Å². The fraction of sp³-hybridized carbons (Fsp3) is 0.364. The Bertz CT molecular complexity index is 780. The van der Waals surface area contributed by atoms with E-state index in [1.807, 2.05) is 76.2 Å². The van der Waals surface area contributed by atoms with Gasteiger partial charge >= 0.3 is 11.8 Å². The van der Waals surface area contributed by atoms with Crippen molar-refractivity contribution in [2.75, 3.05) is 6.54 Å². The number of hydrogen-bond acceptors (Lipinski definition) is 2. The highest BCUT2D eigenvalue weighted by atomic mass is 35.5. The minimum Gasteiger partial charge on any atom is -0.347 e. The number of halogens is 1. The minimum atomic E-state index is -0.576. The zero-order valence-corrected chi connectivity index (χ0v) is 17.1. The molecule has 5 heteroatoms. The molecule has 0 saturated heterocycles. The first-order valence-corrected chi connectivity index (χ1v) is 9.63. The smallest absolute Gasteiger partial charge is 0.312 e. The van der Waals surface area contributed by atoms with Crippen LogP contribution in [0.5, 0.6) is 0 Å². The van der Waals surface area contributed by atoms with E-state index in [2.05, 4.69) is 5.32 Å². The van der Waals surface area contributed by atoms with E-state index < -0.39 is 11.8 Å². The SMILES string of the molecule is CC(C)N(C(=O)C(=O)NCCc1cc(-c2ccccc2)ccc1Cl)C(C)C. The number of amides is 2. The summed E-state index contributed by atoms with van der Waals surface area (Å²) >= 11 is 6.31. The molecular weight excluding hydrogens is 360 g/mol. The third-order valence-electron chi connectivity index (χ3n) is 4.37. The highest BCUT2D eigenvalue weighted by Crippen LogP contribution is 2.25. The second-order valence-corrected chi connectivity index (χ2v) is 7.49. The molecule has 0 aliphatic heterocycles. The number of carbonyl (C=O) groups is 2. The zero-order chi connectivity index (χ0) is 20.0. The molecule has 4 nitrogen and oxygen atoms in total. The van der Waals surface area contributed by atoms with Crippen molar-refractivity contribution in [1.29, 1.82) is 0 Å². The van der Waals surface area contributed by atoms with Gasteiger partial charge in [0.25, 0.3) is 0 Å². The van der Waals surface area contributed by atoms with Crippen LogP contribution in [0.25, 0.3) is 11.1 Å². The second-order valence-electron chi connectivity index (χ2n) is 7.08. The topological polar surface area (TPSA) is 49.4 Å². The summed E-state index contributed by atoms with van der Waals surface area (Å²) in [6, 6.07) is 15.9. The number of rotatable bonds is 6. The Morgan fingerprint density at radius 1 is 0.963 bits per heavy atom. The summed E-state index contributed by atoms with van der Waals surface area (Å²) in [5, 5.41) is 3.37. The molecule has 0 bridgehead atoms. The Morgan fingerprint density at radius 2 is 1.59 bits per heavy atom. The lowest BCUT2D eigenvalue weighted by molar-refractivity contribution is -0.148. The molecule has 0 atom stereocenters. The average Bonchev–Trinajstić information content (AvgIpc) is 2.63. The monoisotopic (exact) mass is 386 g/mol. The fourth-order valence-electron chi connectivity index (χ4n) is 3.15. The summed E-state index contributed by atoms with van der Waals surface area (Å²) in [5.74, 6) is -1.07. The van der Waals surface area contributed by atoms with Crippen molar-refractivity contribution in [1.82, 2.24) is 10.2 Å². The van der Waals surface area contributed by atoms with Crippen LogP contribution in [0.2, 0.25) is 5.02 Å². The van der Waals surface area contributed by atoms with E-state index in [0.29, 0.717) is 18.0 Å². The molecule has 0 aromatic heterocycles. The molecule has 144 valence electrons. The molecule has 0 radical (unpaired) electrons. The highest BCUT2D eigenvalue weighted by molar-refractivity contribution is 6.35. The average molecular weight is 387 g/mol. The van der Waals surface area contributed by atoms with Gasteiger partial charge in [-0.05, 0) is 62.9 Å². The number of nitrogens with zero attached hydrogens (tertiary/aromatic N) is 1. The van der Waals surface area contributed by atoms with Crippen LogP contribution in [0.15, 0.2) is 48.5 Å². The first kappa shape index (κ1) is 21.0. The Balaban J connectivity index is 2.01. The van der Waals surface area contributed by atoms with E-state index in [1.165, 1.54) is 0 Å². The molecule has 2 amide bonds. The number of hydrogen-bond donors (Lipinski definition) is 1. The van der Waals surface area contributed by atoms with E-state index in [-0.39, 0.29) is 12.1 Å². The molecule has 0 heterocycles. The second kappa shape index (κ2) is 9.56. The lowest BCUT2D eigenvalue weighted by Crippen LogP contribution is -2.49. The molecule has 0 fully saturated rings. The van der Waals surface area contributed by atoms with Crippen LogP contribution >= 0.6 is 11.6 Å². The summed E-state index contributed by atoms with van der Waals surface area (Å²) in [5.41, 5.74) is 3.12. The van der Waals surface area contributed by atoms with Crippen LogP contribution in [0, 0.1) is 0 Å².